The molecule has 0 N–H and O–H groups in total. The van der Waals surface area contributed by atoms with E-state index in [1.165, 1.54) is 32.1 Å². The molecule has 96 valence electrons. The van der Waals surface area contributed by atoms with Gasteiger partial charge in [0.15, 0.2) is 5.69 Å². The van der Waals surface area contributed by atoms with Gasteiger partial charge in [-0.2, -0.15) is 5.26 Å². The molecular formula is C13H19N5. The molecule has 1 aliphatic rings. The van der Waals surface area contributed by atoms with Crippen molar-refractivity contribution in [2.45, 2.75) is 12.8 Å². The first-order valence-corrected chi connectivity index (χ1v) is 6.31. The molecule has 2 heterocycles. The summed E-state index contributed by atoms with van der Waals surface area (Å²) < 4.78 is 0. The topological polar surface area (TPSA) is 56.0 Å². The SMILES string of the molecule is CN1CCC(CN(C)c2cnc(C#N)cn2)CC1. The zero-order valence-corrected chi connectivity index (χ0v) is 11.0. The molecule has 5 heteroatoms. The maximum Gasteiger partial charge on any atom is 0.158 e. The van der Waals surface area contributed by atoms with E-state index in [-0.39, 0.29) is 0 Å². The molecule has 0 aliphatic carbocycles. The van der Waals surface area contributed by atoms with Crippen LogP contribution < -0.4 is 4.90 Å². The Hall–Kier alpha value is -1.67. The molecular weight excluding hydrogens is 226 g/mol. The Labute approximate surface area is 108 Å². The van der Waals surface area contributed by atoms with Crippen molar-refractivity contribution < 1.29 is 0 Å². The van der Waals surface area contributed by atoms with E-state index in [1.54, 1.807) is 6.20 Å². The van der Waals surface area contributed by atoms with E-state index in [0.717, 1.165) is 18.3 Å². The Kier molecular flexibility index (Phi) is 4.11. The van der Waals surface area contributed by atoms with Gasteiger partial charge in [-0.05, 0) is 38.9 Å². The minimum Gasteiger partial charge on any atom is -0.358 e. The molecule has 0 amide bonds. The fourth-order valence-corrected chi connectivity index (χ4v) is 2.30. The summed E-state index contributed by atoms with van der Waals surface area (Å²) in [6.07, 6.45) is 5.68. The van der Waals surface area contributed by atoms with Crippen LogP contribution in [0.3, 0.4) is 0 Å². The second kappa shape index (κ2) is 5.78. The molecule has 18 heavy (non-hydrogen) atoms. The summed E-state index contributed by atoms with van der Waals surface area (Å²) in [6.45, 7) is 3.36. The van der Waals surface area contributed by atoms with Crippen LogP contribution in [0.15, 0.2) is 12.4 Å². The van der Waals surface area contributed by atoms with Gasteiger partial charge in [0.05, 0.1) is 12.4 Å². The third-order valence-corrected chi connectivity index (χ3v) is 3.51. The number of rotatable bonds is 3. The Morgan fingerprint density at radius 3 is 2.67 bits per heavy atom. The van der Waals surface area contributed by atoms with Gasteiger partial charge in [0.2, 0.25) is 0 Å². The summed E-state index contributed by atoms with van der Waals surface area (Å²) in [5.74, 6) is 1.57. The molecule has 0 aromatic carbocycles. The fraction of sp³-hybridized carbons (Fsp3) is 0.615. The predicted molar refractivity (Wildman–Crippen MR) is 70.2 cm³/mol. The highest BCUT2D eigenvalue weighted by Crippen LogP contribution is 2.18. The Morgan fingerprint density at radius 2 is 2.11 bits per heavy atom. The van der Waals surface area contributed by atoms with Crippen molar-refractivity contribution in [1.82, 2.24) is 14.9 Å². The van der Waals surface area contributed by atoms with E-state index in [1.807, 2.05) is 13.1 Å². The van der Waals surface area contributed by atoms with E-state index >= 15 is 0 Å². The molecule has 5 nitrogen and oxygen atoms in total. The van der Waals surface area contributed by atoms with Crippen LogP contribution in [0.25, 0.3) is 0 Å². The summed E-state index contributed by atoms with van der Waals surface area (Å²) in [5.41, 5.74) is 0.367. The van der Waals surface area contributed by atoms with Gasteiger partial charge in [-0.25, -0.2) is 9.97 Å². The number of nitrogens with zero attached hydrogens (tertiary/aromatic N) is 5. The molecule has 1 saturated heterocycles. The molecule has 1 aliphatic heterocycles. The monoisotopic (exact) mass is 245 g/mol. The average molecular weight is 245 g/mol. The van der Waals surface area contributed by atoms with Crippen molar-refractivity contribution in [3.8, 4) is 6.07 Å². The highest BCUT2D eigenvalue weighted by atomic mass is 15.2. The summed E-state index contributed by atoms with van der Waals surface area (Å²) in [5, 5.41) is 8.68. The molecule has 0 spiro atoms. The van der Waals surface area contributed by atoms with E-state index in [9.17, 15) is 0 Å². The summed E-state index contributed by atoms with van der Waals surface area (Å²) in [4.78, 5) is 12.8. The second-order valence-electron chi connectivity index (χ2n) is 5.00. The van der Waals surface area contributed by atoms with Crippen LogP contribution in [0.4, 0.5) is 5.82 Å². The van der Waals surface area contributed by atoms with Gasteiger partial charge in [-0.3, -0.25) is 0 Å². The van der Waals surface area contributed by atoms with Crippen molar-refractivity contribution in [3.05, 3.63) is 18.1 Å². The van der Waals surface area contributed by atoms with Crippen LogP contribution in [-0.2, 0) is 0 Å². The van der Waals surface area contributed by atoms with Gasteiger partial charge in [0.1, 0.15) is 11.9 Å². The first-order valence-electron chi connectivity index (χ1n) is 6.31. The number of hydrogen-bond acceptors (Lipinski definition) is 5. The van der Waals surface area contributed by atoms with E-state index in [2.05, 4.69) is 26.8 Å². The summed E-state index contributed by atoms with van der Waals surface area (Å²) in [6, 6.07) is 1.98. The van der Waals surface area contributed by atoms with Gasteiger partial charge in [-0.1, -0.05) is 0 Å². The van der Waals surface area contributed by atoms with Crippen molar-refractivity contribution in [2.24, 2.45) is 5.92 Å². The largest absolute Gasteiger partial charge is 0.358 e. The minimum absolute atomic E-state index is 0.367. The molecule has 0 saturated carbocycles. The first-order chi connectivity index (χ1) is 8.69. The normalized spacial score (nSPS) is 17.4. The van der Waals surface area contributed by atoms with Gasteiger partial charge in [-0.15, -0.1) is 0 Å². The quantitative estimate of drug-likeness (QED) is 0.799. The lowest BCUT2D eigenvalue weighted by Crippen LogP contribution is -2.36. The van der Waals surface area contributed by atoms with Crippen LogP contribution in [0, 0.1) is 17.2 Å². The first kappa shape index (κ1) is 12.8. The summed E-state index contributed by atoms with van der Waals surface area (Å²) >= 11 is 0. The van der Waals surface area contributed by atoms with E-state index in [4.69, 9.17) is 5.26 Å². The summed E-state index contributed by atoms with van der Waals surface area (Å²) in [7, 11) is 4.21. The molecule has 1 aromatic heterocycles. The van der Waals surface area contributed by atoms with Crippen LogP contribution >= 0.6 is 0 Å². The lowest BCUT2D eigenvalue weighted by molar-refractivity contribution is 0.222. The van der Waals surface area contributed by atoms with Gasteiger partial charge in [0, 0.05) is 13.6 Å². The van der Waals surface area contributed by atoms with Crippen LogP contribution in [0.5, 0.6) is 0 Å². The van der Waals surface area contributed by atoms with Crippen LogP contribution in [0.1, 0.15) is 18.5 Å². The molecule has 0 atom stereocenters. The van der Waals surface area contributed by atoms with E-state index in [0.29, 0.717) is 5.69 Å². The maximum absolute atomic E-state index is 8.68. The Balaban J connectivity index is 1.91. The van der Waals surface area contributed by atoms with Crippen molar-refractivity contribution in [3.63, 3.8) is 0 Å². The molecule has 0 radical (unpaired) electrons. The number of piperidine rings is 1. The average Bonchev–Trinajstić information content (AvgIpc) is 2.41. The highest BCUT2D eigenvalue weighted by Gasteiger charge is 2.18. The maximum atomic E-state index is 8.68. The second-order valence-corrected chi connectivity index (χ2v) is 5.00. The lowest BCUT2D eigenvalue weighted by atomic mass is 9.97. The highest BCUT2D eigenvalue weighted by molar-refractivity contribution is 5.36. The van der Waals surface area contributed by atoms with E-state index < -0.39 is 0 Å². The number of hydrogen-bond donors (Lipinski definition) is 0. The van der Waals surface area contributed by atoms with Gasteiger partial charge >= 0.3 is 0 Å². The zero-order chi connectivity index (χ0) is 13.0. The van der Waals surface area contributed by atoms with Crippen LogP contribution in [-0.4, -0.2) is 48.6 Å². The number of nitriles is 1. The Morgan fingerprint density at radius 1 is 1.39 bits per heavy atom. The number of anilines is 1. The standard InChI is InChI=1S/C13H19N5/c1-17-5-3-11(4-6-17)10-18(2)13-9-15-12(7-14)8-16-13/h8-9,11H,3-6,10H2,1-2H3. The minimum atomic E-state index is 0.367. The Bertz CT molecular complexity index is 414. The fourth-order valence-electron chi connectivity index (χ4n) is 2.30. The molecule has 0 bridgehead atoms. The smallest absolute Gasteiger partial charge is 0.158 e. The number of likely N-dealkylation sites (tertiary alicyclic amines) is 1. The molecule has 1 aromatic rings. The number of aromatic nitrogens is 2. The van der Waals surface area contributed by atoms with Crippen molar-refractivity contribution >= 4 is 5.82 Å². The molecule has 0 unspecified atom stereocenters. The van der Waals surface area contributed by atoms with Crippen LogP contribution in [0.2, 0.25) is 0 Å². The van der Waals surface area contributed by atoms with Crippen molar-refractivity contribution in [1.29, 1.82) is 5.26 Å². The van der Waals surface area contributed by atoms with Crippen molar-refractivity contribution in [2.75, 3.05) is 38.6 Å². The predicted octanol–water partition coefficient (Wildman–Crippen LogP) is 1.13. The lowest BCUT2D eigenvalue weighted by Gasteiger charge is -2.31. The van der Waals surface area contributed by atoms with Gasteiger partial charge in [0.25, 0.3) is 0 Å². The third kappa shape index (κ3) is 3.17. The zero-order valence-electron chi connectivity index (χ0n) is 11.0. The third-order valence-electron chi connectivity index (χ3n) is 3.51. The molecule has 2 rings (SSSR count). The molecule has 1 fully saturated rings. The van der Waals surface area contributed by atoms with Gasteiger partial charge < -0.3 is 9.80 Å².